The minimum atomic E-state index is -0.329. The summed E-state index contributed by atoms with van der Waals surface area (Å²) in [6, 6.07) is 15.7. The Morgan fingerprint density at radius 1 is 1.12 bits per heavy atom. The predicted molar refractivity (Wildman–Crippen MR) is 92.5 cm³/mol. The van der Waals surface area contributed by atoms with Crippen molar-refractivity contribution in [2.75, 3.05) is 13.1 Å². The average molecular weight is 322 g/mol. The molecule has 2 aromatic carbocycles. The van der Waals surface area contributed by atoms with Crippen LogP contribution in [-0.4, -0.2) is 18.1 Å². The van der Waals surface area contributed by atoms with E-state index in [0.29, 0.717) is 5.92 Å². The molecule has 1 saturated heterocycles. The lowest BCUT2D eigenvalue weighted by Crippen LogP contribution is -2.21. The fraction of sp³-hybridized carbons (Fsp3) is 0.250. The molecule has 3 aromatic rings. The third-order valence-electron chi connectivity index (χ3n) is 4.58. The van der Waals surface area contributed by atoms with E-state index >= 15 is 0 Å². The van der Waals surface area contributed by atoms with Crippen LogP contribution < -0.4 is 10.1 Å². The van der Waals surface area contributed by atoms with Gasteiger partial charge in [-0.25, -0.2) is 4.39 Å². The minimum absolute atomic E-state index is 0.214. The zero-order valence-electron chi connectivity index (χ0n) is 13.3. The molecule has 4 heteroatoms. The molecule has 122 valence electrons. The Kier molecular flexibility index (Phi) is 4.13. The second-order valence-corrected chi connectivity index (χ2v) is 6.21. The molecular formula is C20H19FN2O. The van der Waals surface area contributed by atoms with Crippen LogP contribution in [0.3, 0.4) is 0 Å². The molecule has 0 bridgehead atoms. The van der Waals surface area contributed by atoms with Crippen molar-refractivity contribution in [2.24, 2.45) is 5.92 Å². The summed E-state index contributed by atoms with van der Waals surface area (Å²) in [4.78, 5) is 4.01. The maximum atomic E-state index is 13.7. The highest BCUT2D eigenvalue weighted by atomic mass is 19.1. The van der Waals surface area contributed by atoms with Crippen LogP contribution in [0.4, 0.5) is 4.39 Å². The third-order valence-corrected chi connectivity index (χ3v) is 4.58. The van der Waals surface area contributed by atoms with Crippen LogP contribution in [0.1, 0.15) is 18.1 Å². The van der Waals surface area contributed by atoms with Gasteiger partial charge in [-0.05, 0) is 30.5 Å². The van der Waals surface area contributed by atoms with Gasteiger partial charge in [0, 0.05) is 29.6 Å². The van der Waals surface area contributed by atoms with Gasteiger partial charge in [0.25, 0.3) is 0 Å². The van der Waals surface area contributed by atoms with Gasteiger partial charge < -0.3 is 10.1 Å². The van der Waals surface area contributed by atoms with E-state index in [9.17, 15) is 4.39 Å². The van der Waals surface area contributed by atoms with Crippen LogP contribution in [0, 0.1) is 11.7 Å². The van der Waals surface area contributed by atoms with Gasteiger partial charge in [0.2, 0.25) is 0 Å². The highest BCUT2D eigenvalue weighted by molar-refractivity contribution is 5.88. The quantitative estimate of drug-likeness (QED) is 0.785. The number of halogens is 1. The molecule has 0 amide bonds. The second-order valence-electron chi connectivity index (χ2n) is 6.21. The maximum absolute atomic E-state index is 13.7. The Morgan fingerprint density at radius 2 is 2.00 bits per heavy atom. The number of ether oxygens (including phenoxy) is 1. The summed E-state index contributed by atoms with van der Waals surface area (Å²) in [5.41, 5.74) is 0.789. The van der Waals surface area contributed by atoms with Gasteiger partial charge in [0.05, 0.1) is 6.20 Å². The van der Waals surface area contributed by atoms with Gasteiger partial charge >= 0.3 is 0 Å². The highest BCUT2D eigenvalue weighted by Crippen LogP contribution is 2.35. The van der Waals surface area contributed by atoms with Gasteiger partial charge in [-0.15, -0.1) is 0 Å². The largest absolute Gasteiger partial charge is 0.485 e. The fourth-order valence-electron chi connectivity index (χ4n) is 3.39. The van der Waals surface area contributed by atoms with Crippen molar-refractivity contribution in [2.45, 2.75) is 12.5 Å². The van der Waals surface area contributed by atoms with Crippen LogP contribution in [0.2, 0.25) is 0 Å². The zero-order chi connectivity index (χ0) is 16.4. The predicted octanol–water partition coefficient (Wildman–Crippen LogP) is 4.10. The van der Waals surface area contributed by atoms with E-state index in [4.69, 9.17) is 4.74 Å². The first kappa shape index (κ1) is 15.1. The first-order valence-corrected chi connectivity index (χ1v) is 8.27. The van der Waals surface area contributed by atoms with Crippen LogP contribution in [-0.2, 0) is 0 Å². The van der Waals surface area contributed by atoms with Gasteiger partial charge in [-0.3, -0.25) is 4.98 Å². The molecule has 24 heavy (non-hydrogen) atoms. The van der Waals surface area contributed by atoms with Crippen molar-refractivity contribution in [1.29, 1.82) is 0 Å². The van der Waals surface area contributed by atoms with E-state index in [0.717, 1.165) is 41.6 Å². The number of hydrogen-bond donors (Lipinski definition) is 1. The number of fused-ring (bicyclic) bond motifs is 1. The van der Waals surface area contributed by atoms with Crippen molar-refractivity contribution in [1.82, 2.24) is 10.3 Å². The number of pyridine rings is 1. The van der Waals surface area contributed by atoms with E-state index < -0.39 is 0 Å². The number of benzene rings is 2. The molecule has 3 nitrogen and oxygen atoms in total. The Balaban J connectivity index is 1.73. The molecule has 4 rings (SSSR count). The van der Waals surface area contributed by atoms with Crippen molar-refractivity contribution in [3.8, 4) is 5.75 Å². The Bertz CT molecular complexity index is 840. The smallest absolute Gasteiger partial charge is 0.141 e. The van der Waals surface area contributed by atoms with Crippen molar-refractivity contribution in [3.63, 3.8) is 0 Å². The van der Waals surface area contributed by atoms with Gasteiger partial charge in [0.15, 0.2) is 0 Å². The molecule has 1 aliphatic heterocycles. The summed E-state index contributed by atoms with van der Waals surface area (Å²) in [5.74, 6) is 0.798. The van der Waals surface area contributed by atoms with E-state index in [1.54, 1.807) is 6.20 Å². The molecule has 1 aliphatic rings. The maximum Gasteiger partial charge on any atom is 0.141 e. The summed E-state index contributed by atoms with van der Waals surface area (Å²) in [6.07, 6.45) is 3.73. The summed E-state index contributed by atoms with van der Waals surface area (Å²) < 4.78 is 20.1. The Hall–Kier alpha value is -2.46. The van der Waals surface area contributed by atoms with Crippen LogP contribution >= 0.6 is 0 Å². The third kappa shape index (κ3) is 2.97. The lowest BCUT2D eigenvalue weighted by Gasteiger charge is -2.25. The van der Waals surface area contributed by atoms with Crippen LogP contribution in [0.15, 0.2) is 60.9 Å². The van der Waals surface area contributed by atoms with Gasteiger partial charge in [-0.2, -0.15) is 0 Å². The molecule has 1 fully saturated rings. The minimum Gasteiger partial charge on any atom is -0.485 e. The second kappa shape index (κ2) is 6.57. The number of nitrogens with one attached hydrogen (secondary N) is 1. The first-order chi connectivity index (χ1) is 11.8. The Morgan fingerprint density at radius 3 is 2.83 bits per heavy atom. The average Bonchev–Trinajstić information content (AvgIpc) is 3.14. The highest BCUT2D eigenvalue weighted by Gasteiger charge is 2.29. The van der Waals surface area contributed by atoms with Crippen LogP contribution in [0.25, 0.3) is 10.8 Å². The summed E-state index contributed by atoms with van der Waals surface area (Å²) in [7, 11) is 0. The molecule has 0 aliphatic carbocycles. The van der Waals surface area contributed by atoms with Gasteiger partial charge in [0.1, 0.15) is 17.7 Å². The summed E-state index contributed by atoms with van der Waals surface area (Å²) in [5, 5.41) is 5.57. The van der Waals surface area contributed by atoms with Crippen molar-refractivity contribution >= 4 is 10.8 Å². The monoisotopic (exact) mass is 322 g/mol. The summed E-state index contributed by atoms with van der Waals surface area (Å²) in [6.45, 7) is 1.83. The Labute approximate surface area is 140 Å². The number of rotatable bonds is 4. The van der Waals surface area contributed by atoms with Gasteiger partial charge in [-0.1, -0.05) is 36.4 Å². The molecular weight excluding hydrogens is 303 g/mol. The molecule has 2 atom stereocenters. The van der Waals surface area contributed by atoms with Crippen molar-refractivity contribution in [3.05, 3.63) is 72.3 Å². The van der Waals surface area contributed by atoms with Crippen molar-refractivity contribution < 1.29 is 9.13 Å². The molecule has 1 N–H and O–H groups in total. The van der Waals surface area contributed by atoms with E-state index in [-0.39, 0.29) is 11.9 Å². The zero-order valence-corrected chi connectivity index (χ0v) is 13.3. The molecule has 0 radical (unpaired) electrons. The van der Waals surface area contributed by atoms with E-state index in [1.165, 1.54) is 12.3 Å². The molecule has 0 spiro atoms. The number of hydrogen-bond acceptors (Lipinski definition) is 3. The fourth-order valence-corrected chi connectivity index (χ4v) is 3.39. The lowest BCUT2D eigenvalue weighted by molar-refractivity contribution is 0.146. The standard InChI is InChI=1S/C20H19FN2O/c21-17-10-16(12-23-13-17)20(15-8-9-22-11-15)24-19-7-3-5-14-4-1-2-6-18(14)19/h1-7,10,12-13,15,20,22H,8-9,11H2/t15-,20+/m0/s1. The SMILES string of the molecule is Fc1cncc([C@H](Oc2cccc3ccccc23)[C@H]2CCNC2)c1. The van der Waals surface area contributed by atoms with E-state index in [1.807, 2.05) is 24.3 Å². The molecule has 0 saturated carbocycles. The normalized spacial score (nSPS) is 18.6. The first-order valence-electron chi connectivity index (χ1n) is 8.27. The number of aromatic nitrogens is 1. The number of nitrogens with zero attached hydrogens (tertiary/aromatic N) is 1. The topological polar surface area (TPSA) is 34.1 Å². The summed E-state index contributed by atoms with van der Waals surface area (Å²) >= 11 is 0. The van der Waals surface area contributed by atoms with E-state index in [2.05, 4.69) is 28.5 Å². The molecule has 1 aromatic heterocycles. The molecule has 0 unspecified atom stereocenters. The van der Waals surface area contributed by atoms with Crippen LogP contribution in [0.5, 0.6) is 5.75 Å². The molecule has 2 heterocycles. The lowest BCUT2D eigenvalue weighted by atomic mass is 9.95.